The average molecular weight is 418 g/mol. The van der Waals surface area contributed by atoms with Crippen molar-refractivity contribution in [3.05, 3.63) is 77.9 Å². The van der Waals surface area contributed by atoms with Gasteiger partial charge in [-0.05, 0) is 80.0 Å². The summed E-state index contributed by atoms with van der Waals surface area (Å²) < 4.78 is 5.63. The fraction of sp³-hybridized carbons (Fsp3) is 0.370. The van der Waals surface area contributed by atoms with E-state index in [1.807, 2.05) is 12.1 Å². The van der Waals surface area contributed by atoms with Crippen molar-refractivity contribution in [2.45, 2.75) is 63.6 Å². The van der Waals surface area contributed by atoms with Crippen LogP contribution in [0, 0.1) is 0 Å². The molecule has 162 valence electrons. The molecule has 0 heterocycles. The number of aliphatic carboxylic acids is 1. The van der Waals surface area contributed by atoms with Crippen LogP contribution in [0.3, 0.4) is 0 Å². The van der Waals surface area contributed by atoms with Crippen LogP contribution >= 0.6 is 0 Å². The van der Waals surface area contributed by atoms with Crippen molar-refractivity contribution in [2.24, 2.45) is 0 Å². The highest BCUT2D eigenvalue weighted by Gasteiger charge is 2.30. The second-order valence-corrected chi connectivity index (χ2v) is 9.15. The minimum atomic E-state index is -1.23. The lowest BCUT2D eigenvalue weighted by atomic mass is 9.96. The minimum absolute atomic E-state index is 0.295. The Labute approximate surface area is 184 Å². The smallest absolute Gasteiger partial charge is 0.347 e. The van der Waals surface area contributed by atoms with E-state index < -0.39 is 11.6 Å². The van der Waals surface area contributed by atoms with E-state index in [0.717, 1.165) is 19.3 Å². The first-order valence-electron chi connectivity index (χ1n) is 11.1. The molecule has 1 aliphatic carbocycles. The maximum Gasteiger partial charge on any atom is 0.347 e. The lowest BCUT2D eigenvalue weighted by molar-refractivity contribution is -0.152. The molecule has 3 atom stereocenters. The molecule has 3 unspecified atom stereocenters. The van der Waals surface area contributed by atoms with Crippen molar-refractivity contribution in [3.63, 3.8) is 0 Å². The van der Waals surface area contributed by atoms with Crippen LogP contribution < -0.4 is 10.1 Å². The van der Waals surface area contributed by atoms with E-state index in [2.05, 4.69) is 66.8 Å². The van der Waals surface area contributed by atoms with Gasteiger partial charge in [0.1, 0.15) is 5.75 Å². The Balaban J connectivity index is 1.38. The summed E-state index contributed by atoms with van der Waals surface area (Å²) in [7, 11) is 0. The van der Waals surface area contributed by atoms with Crippen LogP contribution in [0.5, 0.6) is 5.75 Å². The van der Waals surface area contributed by atoms with Crippen molar-refractivity contribution in [2.75, 3.05) is 0 Å². The van der Waals surface area contributed by atoms with Crippen LogP contribution in [0.1, 0.15) is 63.1 Å². The number of carbonyl (C=O) groups is 1. The first-order chi connectivity index (χ1) is 14.8. The highest BCUT2D eigenvalue weighted by molar-refractivity contribution is 5.86. The molecule has 0 aliphatic heterocycles. The first kappa shape index (κ1) is 21.4. The molecule has 31 heavy (non-hydrogen) atoms. The highest BCUT2D eigenvalue weighted by atomic mass is 16.5. The van der Waals surface area contributed by atoms with E-state index in [9.17, 15) is 9.90 Å². The van der Waals surface area contributed by atoms with Crippen molar-refractivity contribution >= 4 is 16.7 Å². The fourth-order valence-corrected chi connectivity index (χ4v) is 4.65. The second kappa shape index (κ2) is 8.72. The van der Waals surface area contributed by atoms with Crippen LogP contribution in [0.15, 0.2) is 66.7 Å². The van der Waals surface area contributed by atoms with Gasteiger partial charge in [-0.15, -0.1) is 0 Å². The van der Waals surface area contributed by atoms with Crippen molar-refractivity contribution in [1.82, 2.24) is 5.32 Å². The molecular weight excluding hydrogens is 386 g/mol. The molecular formula is C27H31NO3. The van der Waals surface area contributed by atoms with Gasteiger partial charge in [-0.25, -0.2) is 4.79 Å². The number of carboxylic acid groups (broad SMARTS) is 1. The van der Waals surface area contributed by atoms with Crippen molar-refractivity contribution in [1.29, 1.82) is 0 Å². The minimum Gasteiger partial charge on any atom is -0.478 e. The van der Waals surface area contributed by atoms with E-state index in [1.54, 1.807) is 13.8 Å². The summed E-state index contributed by atoms with van der Waals surface area (Å²) in [6.07, 6.45) is 3.42. The molecule has 4 rings (SSSR count). The predicted molar refractivity (Wildman–Crippen MR) is 125 cm³/mol. The molecule has 0 amide bonds. The molecule has 1 fully saturated rings. The zero-order valence-corrected chi connectivity index (χ0v) is 18.5. The zero-order valence-electron chi connectivity index (χ0n) is 18.5. The number of hydrogen-bond acceptors (Lipinski definition) is 3. The van der Waals surface area contributed by atoms with Crippen molar-refractivity contribution in [3.8, 4) is 5.75 Å². The Bertz CT molecular complexity index is 1050. The zero-order chi connectivity index (χ0) is 22.0. The summed E-state index contributed by atoms with van der Waals surface area (Å²) in [6.45, 7) is 5.38. The molecule has 0 saturated heterocycles. The number of rotatable bonds is 7. The maximum absolute atomic E-state index is 11.3. The summed E-state index contributed by atoms with van der Waals surface area (Å²) in [5, 5.41) is 15.7. The van der Waals surface area contributed by atoms with Gasteiger partial charge in [-0.3, -0.25) is 0 Å². The van der Waals surface area contributed by atoms with Gasteiger partial charge in [0.05, 0.1) is 0 Å². The van der Waals surface area contributed by atoms with Gasteiger partial charge >= 0.3 is 5.97 Å². The van der Waals surface area contributed by atoms with Crippen LogP contribution in [-0.2, 0) is 4.79 Å². The lowest BCUT2D eigenvalue weighted by Crippen LogP contribution is -2.37. The van der Waals surface area contributed by atoms with Crippen LogP contribution in [0.4, 0.5) is 0 Å². The van der Waals surface area contributed by atoms with Gasteiger partial charge in [0.15, 0.2) is 5.60 Å². The first-order valence-corrected chi connectivity index (χ1v) is 11.1. The molecule has 0 bridgehead atoms. The highest BCUT2D eigenvalue weighted by Crippen LogP contribution is 2.37. The van der Waals surface area contributed by atoms with E-state index >= 15 is 0 Å². The van der Waals surface area contributed by atoms with Gasteiger partial charge in [0.25, 0.3) is 0 Å². The summed E-state index contributed by atoms with van der Waals surface area (Å²) in [6, 6.07) is 23.8. The van der Waals surface area contributed by atoms with E-state index in [1.165, 1.54) is 21.9 Å². The lowest BCUT2D eigenvalue weighted by Gasteiger charge is -2.22. The monoisotopic (exact) mass is 417 g/mol. The number of fused-ring (bicyclic) bond motifs is 1. The van der Waals surface area contributed by atoms with Crippen LogP contribution in [-0.4, -0.2) is 22.7 Å². The molecule has 4 heteroatoms. The molecule has 0 radical (unpaired) electrons. The quantitative estimate of drug-likeness (QED) is 0.490. The second-order valence-electron chi connectivity index (χ2n) is 9.15. The normalized spacial score (nSPS) is 20.0. The van der Waals surface area contributed by atoms with Crippen LogP contribution in [0.25, 0.3) is 10.8 Å². The fourth-order valence-electron chi connectivity index (χ4n) is 4.65. The summed E-state index contributed by atoms with van der Waals surface area (Å²) >= 11 is 0. The molecule has 3 aromatic rings. The SMILES string of the molecule is CC(NC1CCC(c2ccc(OC(C)(C)C(=O)O)cc2)C1)c1cccc2ccccc12. The Hall–Kier alpha value is -2.85. The molecule has 0 spiro atoms. The number of ether oxygens (including phenoxy) is 1. The van der Waals surface area contributed by atoms with E-state index in [0.29, 0.717) is 23.8 Å². The molecule has 3 aromatic carbocycles. The van der Waals surface area contributed by atoms with Gasteiger partial charge in [0.2, 0.25) is 0 Å². The average Bonchev–Trinajstić information content (AvgIpc) is 3.22. The van der Waals surface area contributed by atoms with Gasteiger partial charge in [-0.1, -0.05) is 54.6 Å². The Morgan fingerprint density at radius 3 is 2.48 bits per heavy atom. The molecule has 0 aromatic heterocycles. The summed E-state index contributed by atoms with van der Waals surface area (Å²) in [5.41, 5.74) is 1.41. The van der Waals surface area contributed by atoms with E-state index in [4.69, 9.17) is 4.74 Å². The predicted octanol–water partition coefficient (Wildman–Crippen LogP) is 6.07. The third kappa shape index (κ3) is 4.75. The maximum atomic E-state index is 11.3. The van der Waals surface area contributed by atoms with E-state index in [-0.39, 0.29) is 0 Å². The molecule has 1 saturated carbocycles. The number of benzene rings is 3. The van der Waals surface area contributed by atoms with Gasteiger partial charge in [-0.2, -0.15) is 0 Å². The Morgan fingerprint density at radius 1 is 1.03 bits per heavy atom. The van der Waals surface area contributed by atoms with Crippen LogP contribution in [0.2, 0.25) is 0 Å². The Kier molecular flexibility index (Phi) is 6.01. The van der Waals surface area contributed by atoms with Gasteiger partial charge in [0, 0.05) is 12.1 Å². The number of carboxylic acids is 1. The number of hydrogen-bond donors (Lipinski definition) is 2. The van der Waals surface area contributed by atoms with Crippen molar-refractivity contribution < 1.29 is 14.6 Å². The Morgan fingerprint density at radius 2 is 1.74 bits per heavy atom. The summed E-state index contributed by atoms with van der Waals surface area (Å²) in [5.74, 6) is 0.133. The molecule has 1 aliphatic rings. The summed E-state index contributed by atoms with van der Waals surface area (Å²) in [4.78, 5) is 11.3. The van der Waals surface area contributed by atoms with Gasteiger partial charge < -0.3 is 15.2 Å². The standard InChI is InChI=1S/C27H31NO3/c1-18(24-10-6-8-20-7-4-5-9-25(20)24)28-22-14-11-21(17-22)19-12-15-23(16-13-19)31-27(2,3)26(29)30/h4-10,12-13,15-16,18,21-22,28H,11,14,17H2,1-3H3,(H,29,30). The third-order valence-corrected chi connectivity index (χ3v) is 6.45. The topological polar surface area (TPSA) is 58.6 Å². The molecule has 2 N–H and O–H groups in total. The largest absolute Gasteiger partial charge is 0.478 e. The molecule has 4 nitrogen and oxygen atoms in total. The third-order valence-electron chi connectivity index (χ3n) is 6.45. The number of nitrogens with one attached hydrogen (secondary N) is 1.